The first-order chi connectivity index (χ1) is 6.11. The summed E-state index contributed by atoms with van der Waals surface area (Å²) in [6, 6.07) is 0. The summed E-state index contributed by atoms with van der Waals surface area (Å²) in [4.78, 5) is 0. The van der Waals surface area contributed by atoms with Gasteiger partial charge in [-0.1, -0.05) is 0 Å². The molecule has 13 heavy (non-hydrogen) atoms. The van der Waals surface area contributed by atoms with Gasteiger partial charge in [0.25, 0.3) is 0 Å². The molecule has 0 radical (unpaired) electrons. The van der Waals surface area contributed by atoms with Gasteiger partial charge < -0.3 is 25.2 Å². The number of rotatable bonds is 2. The normalized spacial score (nSPS) is 46.4. The number of ether oxygens (including phenoxy) is 1. The molecule has 0 aliphatic carbocycles. The average molecular weight is 210 g/mol. The lowest BCUT2D eigenvalue weighted by Gasteiger charge is -2.39. The molecular weight excluding hydrogens is 196 g/mol. The van der Waals surface area contributed by atoms with Crippen molar-refractivity contribution >= 4 is 11.8 Å². The lowest BCUT2D eigenvalue weighted by molar-refractivity contribution is -0.205. The van der Waals surface area contributed by atoms with Crippen molar-refractivity contribution in [3.05, 3.63) is 0 Å². The van der Waals surface area contributed by atoms with Crippen molar-refractivity contribution in [2.24, 2.45) is 0 Å². The summed E-state index contributed by atoms with van der Waals surface area (Å²) in [5.74, 6) is 0. The molecule has 1 heterocycles. The first kappa shape index (κ1) is 11.2. The predicted molar refractivity (Wildman–Crippen MR) is 47.3 cm³/mol. The summed E-state index contributed by atoms with van der Waals surface area (Å²) in [5.41, 5.74) is -0.601. The minimum absolute atomic E-state index is 0.373. The molecular formula is C7H14O5S. The average Bonchev–Trinajstić information content (AvgIpc) is 2.15. The third kappa shape index (κ3) is 2.15. The van der Waals surface area contributed by atoms with Crippen LogP contribution in [-0.4, -0.2) is 63.1 Å². The van der Waals surface area contributed by atoms with Gasteiger partial charge in [0.1, 0.15) is 29.9 Å². The van der Waals surface area contributed by atoms with Crippen LogP contribution in [0.25, 0.3) is 0 Å². The van der Waals surface area contributed by atoms with Gasteiger partial charge in [0.2, 0.25) is 0 Å². The quantitative estimate of drug-likeness (QED) is 0.428. The molecule has 0 amide bonds. The van der Waals surface area contributed by atoms with Crippen LogP contribution in [0.5, 0.6) is 0 Å². The summed E-state index contributed by atoms with van der Waals surface area (Å²) < 4.78 is 5.13. The molecule has 78 valence electrons. The van der Waals surface area contributed by atoms with Crippen LogP contribution in [0.1, 0.15) is 0 Å². The van der Waals surface area contributed by atoms with E-state index in [-0.39, 0.29) is 6.61 Å². The SMILES string of the molecule is CS[C@@H]1OC(CO)[C@H](O)[C@@H](O)[C@H]1O. The Balaban J connectivity index is 2.66. The van der Waals surface area contributed by atoms with Gasteiger partial charge in [0, 0.05) is 0 Å². The molecule has 0 bridgehead atoms. The topological polar surface area (TPSA) is 90.2 Å². The van der Waals surface area contributed by atoms with Gasteiger partial charge in [-0.25, -0.2) is 0 Å². The van der Waals surface area contributed by atoms with E-state index in [2.05, 4.69) is 0 Å². The van der Waals surface area contributed by atoms with E-state index in [1.807, 2.05) is 0 Å². The van der Waals surface area contributed by atoms with E-state index in [4.69, 9.17) is 9.84 Å². The van der Waals surface area contributed by atoms with Gasteiger partial charge in [-0.3, -0.25) is 0 Å². The zero-order chi connectivity index (χ0) is 10.0. The van der Waals surface area contributed by atoms with Crippen LogP contribution in [-0.2, 0) is 4.74 Å². The van der Waals surface area contributed by atoms with E-state index in [1.54, 1.807) is 6.26 Å². The molecule has 5 atom stereocenters. The summed E-state index contributed by atoms with van der Waals surface area (Å²) in [6.45, 7) is -0.373. The van der Waals surface area contributed by atoms with Crippen molar-refractivity contribution in [3.8, 4) is 0 Å². The maximum atomic E-state index is 9.38. The van der Waals surface area contributed by atoms with E-state index in [0.29, 0.717) is 0 Å². The highest BCUT2D eigenvalue weighted by Crippen LogP contribution is 2.26. The van der Waals surface area contributed by atoms with Crippen molar-refractivity contribution in [1.82, 2.24) is 0 Å². The summed E-state index contributed by atoms with van der Waals surface area (Å²) in [5, 5.41) is 36.8. The molecule has 1 rings (SSSR count). The second kappa shape index (κ2) is 4.59. The highest BCUT2D eigenvalue weighted by molar-refractivity contribution is 7.99. The fourth-order valence-corrected chi connectivity index (χ4v) is 1.96. The van der Waals surface area contributed by atoms with E-state index in [9.17, 15) is 15.3 Å². The number of thioether (sulfide) groups is 1. The minimum Gasteiger partial charge on any atom is -0.394 e. The molecule has 0 aromatic carbocycles. The van der Waals surface area contributed by atoms with Crippen molar-refractivity contribution in [2.45, 2.75) is 29.9 Å². The Morgan fingerprint density at radius 2 is 1.77 bits per heavy atom. The summed E-state index contributed by atoms with van der Waals surface area (Å²) in [7, 11) is 0. The lowest BCUT2D eigenvalue weighted by Crippen LogP contribution is -2.57. The van der Waals surface area contributed by atoms with Crippen LogP contribution in [0, 0.1) is 0 Å². The second-order valence-electron chi connectivity index (χ2n) is 2.93. The monoisotopic (exact) mass is 210 g/mol. The third-order valence-corrected chi connectivity index (χ3v) is 2.94. The second-order valence-corrected chi connectivity index (χ2v) is 3.87. The Hall–Kier alpha value is 0.150. The number of aliphatic hydroxyl groups is 4. The standard InChI is InChI=1S/C7H14O5S/c1-13-7-6(11)5(10)4(9)3(2-8)12-7/h3-11H,2H2,1H3/t3?,4-,5+,6+,7-/m0/s1. The highest BCUT2D eigenvalue weighted by atomic mass is 32.2. The molecule has 0 spiro atoms. The Bertz CT molecular complexity index is 147. The van der Waals surface area contributed by atoms with Gasteiger partial charge in [0.15, 0.2) is 0 Å². The van der Waals surface area contributed by atoms with E-state index >= 15 is 0 Å². The van der Waals surface area contributed by atoms with Crippen LogP contribution < -0.4 is 0 Å². The van der Waals surface area contributed by atoms with Crippen LogP contribution in [0.15, 0.2) is 0 Å². The zero-order valence-corrected chi connectivity index (χ0v) is 8.02. The summed E-state index contributed by atoms with van der Waals surface area (Å²) >= 11 is 1.22. The molecule has 6 heteroatoms. The Morgan fingerprint density at radius 1 is 1.15 bits per heavy atom. The maximum absolute atomic E-state index is 9.38. The molecule has 1 saturated heterocycles. The first-order valence-electron chi connectivity index (χ1n) is 3.95. The van der Waals surface area contributed by atoms with Gasteiger partial charge in [-0.15, -0.1) is 11.8 Å². The third-order valence-electron chi connectivity index (χ3n) is 2.08. The molecule has 1 unspecified atom stereocenters. The Morgan fingerprint density at radius 3 is 2.23 bits per heavy atom. The van der Waals surface area contributed by atoms with Crippen LogP contribution in [0.4, 0.5) is 0 Å². The van der Waals surface area contributed by atoms with Crippen LogP contribution in [0.2, 0.25) is 0 Å². The van der Waals surface area contributed by atoms with E-state index in [0.717, 1.165) is 0 Å². The Labute approximate surface area is 80.3 Å². The highest BCUT2D eigenvalue weighted by Gasteiger charge is 2.42. The predicted octanol–water partition coefficient (Wildman–Crippen LogP) is -1.85. The molecule has 0 aromatic rings. The largest absolute Gasteiger partial charge is 0.394 e. The van der Waals surface area contributed by atoms with Gasteiger partial charge >= 0.3 is 0 Å². The van der Waals surface area contributed by atoms with Crippen molar-refractivity contribution in [3.63, 3.8) is 0 Å². The van der Waals surface area contributed by atoms with Crippen LogP contribution >= 0.6 is 11.8 Å². The van der Waals surface area contributed by atoms with Crippen molar-refractivity contribution in [2.75, 3.05) is 12.9 Å². The molecule has 1 aliphatic heterocycles. The number of hydrogen-bond donors (Lipinski definition) is 4. The van der Waals surface area contributed by atoms with Gasteiger partial charge in [-0.05, 0) is 6.26 Å². The molecule has 5 nitrogen and oxygen atoms in total. The lowest BCUT2D eigenvalue weighted by atomic mass is 10.0. The van der Waals surface area contributed by atoms with E-state index < -0.39 is 29.9 Å². The molecule has 4 N–H and O–H groups in total. The molecule has 0 saturated carbocycles. The van der Waals surface area contributed by atoms with Crippen molar-refractivity contribution in [1.29, 1.82) is 0 Å². The first-order valence-corrected chi connectivity index (χ1v) is 5.24. The van der Waals surface area contributed by atoms with Crippen LogP contribution in [0.3, 0.4) is 0 Å². The molecule has 1 aliphatic rings. The van der Waals surface area contributed by atoms with Gasteiger partial charge in [-0.2, -0.15) is 0 Å². The number of aliphatic hydroxyl groups excluding tert-OH is 4. The summed E-state index contributed by atoms with van der Waals surface area (Å²) in [6.07, 6.45) is -2.72. The van der Waals surface area contributed by atoms with Crippen molar-refractivity contribution < 1.29 is 25.2 Å². The zero-order valence-electron chi connectivity index (χ0n) is 7.20. The minimum atomic E-state index is -1.26. The Kier molecular flexibility index (Phi) is 3.96. The molecule has 1 fully saturated rings. The smallest absolute Gasteiger partial charge is 0.132 e. The maximum Gasteiger partial charge on any atom is 0.132 e. The molecule has 0 aromatic heterocycles. The number of hydrogen-bond acceptors (Lipinski definition) is 6. The fourth-order valence-electron chi connectivity index (χ4n) is 1.26. The fraction of sp³-hybridized carbons (Fsp3) is 1.00. The van der Waals surface area contributed by atoms with Gasteiger partial charge in [0.05, 0.1) is 6.61 Å². The van der Waals surface area contributed by atoms with E-state index in [1.165, 1.54) is 11.8 Å².